The van der Waals surface area contributed by atoms with Crippen molar-refractivity contribution in [3.05, 3.63) is 35.2 Å². The van der Waals surface area contributed by atoms with E-state index in [2.05, 4.69) is 16.5 Å². The summed E-state index contributed by atoms with van der Waals surface area (Å²) in [5.74, 6) is 0.542. The van der Waals surface area contributed by atoms with Crippen LogP contribution in [0.15, 0.2) is 18.2 Å². The van der Waals surface area contributed by atoms with Crippen molar-refractivity contribution in [1.29, 1.82) is 5.26 Å². The highest BCUT2D eigenvalue weighted by Crippen LogP contribution is 2.40. The number of hydrogen-bond acceptors (Lipinski definition) is 5. The van der Waals surface area contributed by atoms with Gasteiger partial charge in [-0.25, -0.2) is 0 Å². The lowest BCUT2D eigenvalue weighted by atomic mass is 10.1. The van der Waals surface area contributed by atoms with Crippen LogP contribution in [0.3, 0.4) is 0 Å². The number of aromatic nitrogens is 2. The van der Waals surface area contributed by atoms with Crippen molar-refractivity contribution in [2.75, 3.05) is 5.32 Å². The number of nitrogens with zero attached hydrogens (tertiary/aromatic N) is 3. The summed E-state index contributed by atoms with van der Waals surface area (Å²) in [5.41, 5.74) is 3.66. The van der Waals surface area contributed by atoms with E-state index in [1.54, 1.807) is 18.2 Å². The van der Waals surface area contributed by atoms with Crippen molar-refractivity contribution < 1.29 is 14.3 Å². The molecule has 1 aliphatic heterocycles. The fourth-order valence-electron chi connectivity index (χ4n) is 3.23. The number of amides is 1. The molecule has 0 spiro atoms. The zero-order chi connectivity index (χ0) is 19.6. The van der Waals surface area contributed by atoms with E-state index in [1.807, 2.05) is 32.4 Å². The lowest BCUT2D eigenvalue weighted by Crippen LogP contribution is -2.29. The lowest BCUT2D eigenvalue weighted by Gasteiger charge is -2.16. The minimum absolute atomic E-state index is 0.0725. The Morgan fingerprint density at radius 1 is 1.30 bits per heavy atom. The zero-order valence-electron chi connectivity index (χ0n) is 16.1. The molecule has 0 saturated carbocycles. The van der Waals surface area contributed by atoms with Gasteiger partial charge >= 0.3 is 0 Å². The second kappa shape index (κ2) is 7.31. The first-order valence-electron chi connectivity index (χ1n) is 9.01. The van der Waals surface area contributed by atoms with Gasteiger partial charge < -0.3 is 14.8 Å². The van der Waals surface area contributed by atoms with Gasteiger partial charge in [-0.1, -0.05) is 0 Å². The average molecular weight is 368 g/mol. The number of nitrogens with one attached hydrogen (secondary N) is 1. The lowest BCUT2D eigenvalue weighted by molar-refractivity contribution is -0.116. The third-order valence-corrected chi connectivity index (χ3v) is 4.51. The fourth-order valence-corrected chi connectivity index (χ4v) is 3.23. The van der Waals surface area contributed by atoms with Crippen LogP contribution in [0.4, 0.5) is 5.69 Å². The number of aryl methyl sites for hydroxylation is 2. The zero-order valence-corrected chi connectivity index (χ0v) is 16.1. The minimum atomic E-state index is -0.689. The standard InChI is InChI=1S/C20H24N4O3/c1-13-16(14(2)24(23-13)11-5-10-21)7-9-19(25)22-15-6-8-17-18(12-15)27-20(3,4)26-17/h6,8,12H,5,7,9,11H2,1-4H3,(H,22,25). The SMILES string of the molecule is Cc1nn(CCC#N)c(C)c1CCC(=O)Nc1ccc2c(c1)OC(C)(C)O2. The van der Waals surface area contributed by atoms with Gasteiger partial charge in [0.05, 0.1) is 24.7 Å². The highest BCUT2D eigenvalue weighted by atomic mass is 16.7. The van der Waals surface area contributed by atoms with Crippen LogP contribution in [0.5, 0.6) is 11.5 Å². The van der Waals surface area contributed by atoms with E-state index in [4.69, 9.17) is 14.7 Å². The first kappa shape index (κ1) is 18.8. The summed E-state index contributed by atoms with van der Waals surface area (Å²) in [6.45, 7) is 8.16. The van der Waals surface area contributed by atoms with Gasteiger partial charge in [0.1, 0.15) is 0 Å². The van der Waals surface area contributed by atoms with Crippen molar-refractivity contribution >= 4 is 11.6 Å². The van der Waals surface area contributed by atoms with Gasteiger partial charge in [0.2, 0.25) is 11.7 Å². The molecule has 7 nitrogen and oxygen atoms in total. The van der Waals surface area contributed by atoms with Gasteiger partial charge in [-0.15, -0.1) is 0 Å². The van der Waals surface area contributed by atoms with E-state index in [0.717, 1.165) is 17.0 Å². The number of rotatable bonds is 6. The normalized spacial score (nSPS) is 14.0. The maximum atomic E-state index is 12.4. The monoisotopic (exact) mass is 368 g/mol. The third-order valence-electron chi connectivity index (χ3n) is 4.51. The Hall–Kier alpha value is -3.01. The Morgan fingerprint density at radius 2 is 2.04 bits per heavy atom. The summed E-state index contributed by atoms with van der Waals surface area (Å²) in [7, 11) is 0. The summed E-state index contributed by atoms with van der Waals surface area (Å²) in [6, 6.07) is 7.51. The number of ether oxygens (including phenoxy) is 2. The number of carbonyl (C=O) groups is 1. The summed E-state index contributed by atoms with van der Waals surface area (Å²) < 4.78 is 13.2. The quantitative estimate of drug-likeness (QED) is 0.843. The molecule has 0 radical (unpaired) electrons. The molecular weight excluding hydrogens is 344 g/mol. The van der Waals surface area contributed by atoms with Gasteiger partial charge in [-0.3, -0.25) is 9.48 Å². The largest absolute Gasteiger partial charge is 0.449 e. The van der Waals surface area contributed by atoms with Crippen LogP contribution in [0.25, 0.3) is 0 Å². The van der Waals surface area contributed by atoms with E-state index in [0.29, 0.717) is 43.0 Å². The number of fused-ring (bicyclic) bond motifs is 1. The minimum Gasteiger partial charge on any atom is -0.449 e. The molecule has 1 aromatic carbocycles. The van der Waals surface area contributed by atoms with Crippen LogP contribution in [-0.4, -0.2) is 21.5 Å². The fraction of sp³-hybridized carbons (Fsp3) is 0.450. The van der Waals surface area contributed by atoms with Gasteiger partial charge in [0, 0.05) is 37.7 Å². The van der Waals surface area contributed by atoms with Crippen LogP contribution in [-0.2, 0) is 17.8 Å². The summed E-state index contributed by atoms with van der Waals surface area (Å²) in [5, 5.41) is 16.1. The van der Waals surface area contributed by atoms with E-state index >= 15 is 0 Å². The van der Waals surface area contributed by atoms with Crippen LogP contribution in [0.2, 0.25) is 0 Å². The van der Waals surface area contributed by atoms with Crippen LogP contribution in [0.1, 0.15) is 43.6 Å². The first-order valence-corrected chi connectivity index (χ1v) is 9.01. The van der Waals surface area contributed by atoms with E-state index < -0.39 is 5.79 Å². The van der Waals surface area contributed by atoms with Gasteiger partial charge in [-0.05, 0) is 38.0 Å². The molecule has 0 bridgehead atoms. The molecule has 1 N–H and O–H groups in total. The highest BCUT2D eigenvalue weighted by Gasteiger charge is 2.31. The summed E-state index contributed by atoms with van der Waals surface area (Å²) in [6.07, 6.45) is 1.38. The number of hydrogen-bond donors (Lipinski definition) is 1. The molecule has 0 aliphatic carbocycles. The molecule has 0 saturated heterocycles. The molecule has 142 valence electrons. The third kappa shape index (κ3) is 4.22. The van der Waals surface area contributed by atoms with Crippen LogP contribution in [0, 0.1) is 25.2 Å². The molecule has 3 rings (SSSR count). The highest BCUT2D eigenvalue weighted by molar-refractivity contribution is 5.91. The van der Waals surface area contributed by atoms with Gasteiger partial charge in [0.15, 0.2) is 11.5 Å². The van der Waals surface area contributed by atoms with Gasteiger partial charge in [0.25, 0.3) is 0 Å². The van der Waals surface area contributed by atoms with Crippen molar-refractivity contribution in [3.8, 4) is 17.6 Å². The molecule has 1 aromatic heterocycles. The first-order chi connectivity index (χ1) is 12.8. The molecule has 0 unspecified atom stereocenters. The predicted molar refractivity (Wildman–Crippen MR) is 101 cm³/mol. The molecule has 2 heterocycles. The molecule has 2 aromatic rings. The topological polar surface area (TPSA) is 89.2 Å². The molecular formula is C20H24N4O3. The van der Waals surface area contributed by atoms with E-state index in [1.165, 1.54) is 0 Å². The van der Waals surface area contributed by atoms with Crippen molar-refractivity contribution in [2.45, 2.75) is 59.3 Å². The smallest absolute Gasteiger partial charge is 0.246 e. The van der Waals surface area contributed by atoms with Crippen molar-refractivity contribution in [3.63, 3.8) is 0 Å². The Balaban J connectivity index is 1.60. The maximum Gasteiger partial charge on any atom is 0.246 e. The molecule has 27 heavy (non-hydrogen) atoms. The van der Waals surface area contributed by atoms with E-state index in [9.17, 15) is 4.79 Å². The Bertz CT molecular complexity index is 909. The average Bonchev–Trinajstić information content (AvgIpc) is 3.05. The number of anilines is 1. The molecule has 1 amide bonds. The van der Waals surface area contributed by atoms with Crippen LogP contribution < -0.4 is 14.8 Å². The maximum absolute atomic E-state index is 12.4. The Morgan fingerprint density at radius 3 is 2.78 bits per heavy atom. The van der Waals surface area contributed by atoms with Gasteiger partial charge in [-0.2, -0.15) is 10.4 Å². The Labute approximate surface area is 158 Å². The number of nitriles is 1. The molecule has 0 atom stereocenters. The van der Waals surface area contributed by atoms with E-state index in [-0.39, 0.29) is 5.91 Å². The number of carbonyl (C=O) groups excluding carboxylic acids is 1. The van der Waals surface area contributed by atoms with Crippen LogP contribution >= 0.6 is 0 Å². The molecule has 7 heteroatoms. The molecule has 1 aliphatic rings. The van der Waals surface area contributed by atoms with Crippen molar-refractivity contribution in [2.24, 2.45) is 0 Å². The Kier molecular flexibility index (Phi) is 5.08. The second-order valence-electron chi connectivity index (χ2n) is 7.09. The summed E-state index contributed by atoms with van der Waals surface area (Å²) in [4.78, 5) is 12.4. The second-order valence-corrected chi connectivity index (χ2v) is 7.09. The van der Waals surface area contributed by atoms with Crippen molar-refractivity contribution in [1.82, 2.24) is 9.78 Å². The number of benzene rings is 1. The summed E-state index contributed by atoms with van der Waals surface area (Å²) >= 11 is 0. The molecule has 0 fully saturated rings. The predicted octanol–water partition coefficient (Wildman–Crippen LogP) is 3.49.